The first kappa shape index (κ1) is 18.3. The van der Waals surface area contributed by atoms with Crippen LogP contribution in [-0.2, 0) is 6.42 Å². The van der Waals surface area contributed by atoms with E-state index in [1.807, 2.05) is 0 Å². The van der Waals surface area contributed by atoms with E-state index in [4.69, 9.17) is 0 Å². The van der Waals surface area contributed by atoms with Gasteiger partial charge < -0.3 is 4.98 Å². The molecule has 3 heterocycles. The van der Waals surface area contributed by atoms with E-state index >= 15 is 0 Å². The van der Waals surface area contributed by atoms with Crippen LogP contribution < -0.4 is 5.56 Å². The molecule has 1 fully saturated rings. The Bertz CT molecular complexity index is 1290. The number of H-pyrrole nitrogens is 1. The zero-order valence-corrected chi connectivity index (χ0v) is 15.7. The Morgan fingerprint density at radius 2 is 1.97 bits per heavy atom. The van der Waals surface area contributed by atoms with Gasteiger partial charge in [0.15, 0.2) is 11.6 Å². The van der Waals surface area contributed by atoms with Crippen LogP contribution in [0.15, 0.2) is 53.6 Å². The molecule has 1 saturated carbocycles. The Morgan fingerprint density at radius 1 is 1.13 bits per heavy atom. The van der Waals surface area contributed by atoms with Gasteiger partial charge in [-0.15, -0.1) is 0 Å². The fourth-order valence-electron chi connectivity index (χ4n) is 3.25. The van der Waals surface area contributed by atoms with Crippen molar-refractivity contribution in [3.63, 3.8) is 0 Å². The third-order valence-electron chi connectivity index (χ3n) is 4.94. The molecule has 0 unspecified atom stereocenters. The quantitative estimate of drug-likeness (QED) is 0.514. The van der Waals surface area contributed by atoms with Gasteiger partial charge in [0.05, 0.1) is 5.69 Å². The van der Waals surface area contributed by atoms with E-state index < -0.39 is 5.95 Å². The second kappa shape index (κ2) is 7.25. The third-order valence-corrected chi connectivity index (χ3v) is 4.94. The number of pyridine rings is 1. The SMILES string of the molecule is O=c1[nH]c(C2CC2)ncc1-c1nc(Cc2ccccc2F)nn1-c1ccnc(F)c1. The minimum Gasteiger partial charge on any atom is -0.310 e. The van der Waals surface area contributed by atoms with E-state index in [1.54, 1.807) is 24.3 Å². The largest absolute Gasteiger partial charge is 0.310 e. The molecule has 30 heavy (non-hydrogen) atoms. The number of nitrogens with one attached hydrogen (secondary N) is 1. The minimum atomic E-state index is -0.694. The summed E-state index contributed by atoms with van der Waals surface area (Å²) in [5.74, 6) is 0.354. The fraction of sp³-hybridized carbons (Fsp3) is 0.190. The maximum atomic E-state index is 14.1. The Kier molecular flexibility index (Phi) is 4.42. The molecule has 0 amide bonds. The molecule has 9 heteroatoms. The Balaban J connectivity index is 1.62. The number of nitrogens with zero attached hydrogens (tertiary/aromatic N) is 5. The number of halogens is 2. The van der Waals surface area contributed by atoms with Crippen molar-refractivity contribution in [2.45, 2.75) is 25.2 Å². The first-order valence-electron chi connectivity index (χ1n) is 9.49. The number of benzene rings is 1. The predicted octanol–water partition coefficient (Wildman–Crippen LogP) is 3.16. The van der Waals surface area contributed by atoms with Gasteiger partial charge in [0.1, 0.15) is 17.2 Å². The molecular weight excluding hydrogens is 390 g/mol. The normalized spacial score (nSPS) is 13.5. The molecule has 1 aromatic carbocycles. The number of hydrogen-bond donors (Lipinski definition) is 1. The minimum absolute atomic E-state index is 0.117. The van der Waals surface area contributed by atoms with Crippen LogP contribution in [0.1, 0.15) is 36.0 Å². The van der Waals surface area contributed by atoms with Gasteiger partial charge in [0, 0.05) is 30.8 Å². The lowest BCUT2D eigenvalue weighted by molar-refractivity contribution is 0.581. The van der Waals surface area contributed by atoms with Gasteiger partial charge in [-0.3, -0.25) is 4.79 Å². The maximum absolute atomic E-state index is 14.1. The zero-order valence-electron chi connectivity index (χ0n) is 15.7. The summed E-state index contributed by atoms with van der Waals surface area (Å²) in [5.41, 5.74) is 0.602. The highest BCUT2D eigenvalue weighted by molar-refractivity contribution is 5.56. The molecule has 150 valence electrons. The van der Waals surface area contributed by atoms with E-state index in [2.05, 4.69) is 25.0 Å². The average molecular weight is 406 g/mol. The van der Waals surface area contributed by atoms with Crippen LogP contribution in [0.2, 0.25) is 0 Å². The molecule has 0 saturated heterocycles. The van der Waals surface area contributed by atoms with Gasteiger partial charge in [-0.05, 0) is 30.5 Å². The van der Waals surface area contributed by atoms with Gasteiger partial charge in [-0.2, -0.15) is 9.49 Å². The Morgan fingerprint density at radius 3 is 2.70 bits per heavy atom. The highest BCUT2D eigenvalue weighted by atomic mass is 19.1. The van der Waals surface area contributed by atoms with E-state index in [1.165, 1.54) is 29.2 Å². The molecule has 0 atom stereocenters. The van der Waals surface area contributed by atoms with Crippen molar-refractivity contribution in [3.05, 3.63) is 88.1 Å². The molecule has 0 spiro atoms. The van der Waals surface area contributed by atoms with Crippen LogP contribution in [0.3, 0.4) is 0 Å². The lowest BCUT2D eigenvalue weighted by Gasteiger charge is -2.06. The van der Waals surface area contributed by atoms with Gasteiger partial charge in [0.25, 0.3) is 5.56 Å². The number of hydrogen-bond acceptors (Lipinski definition) is 5. The van der Waals surface area contributed by atoms with Gasteiger partial charge in [-0.25, -0.2) is 24.0 Å². The summed E-state index contributed by atoms with van der Waals surface area (Å²) in [5, 5.41) is 4.41. The van der Waals surface area contributed by atoms with Crippen molar-refractivity contribution in [3.8, 4) is 17.1 Å². The molecule has 0 radical (unpaired) electrons. The molecule has 0 bridgehead atoms. The smallest absolute Gasteiger partial charge is 0.261 e. The number of rotatable bonds is 5. The topological polar surface area (TPSA) is 89.4 Å². The highest BCUT2D eigenvalue weighted by Gasteiger charge is 2.27. The second-order valence-corrected chi connectivity index (χ2v) is 7.15. The summed E-state index contributed by atoms with van der Waals surface area (Å²) in [6.45, 7) is 0. The van der Waals surface area contributed by atoms with Crippen LogP contribution >= 0.6 is 0 Å². The second-order valence-electron chi connectivity index (χ2n) is 7.15. The molecule has 5 rings (SSSR count). The maximum Gasteiger partial charge on any atom is 0.261 e. The van der Waals surface area contributed by atoms with E-state index in [9.17, 15) is 13.6 Å². The number of aromatic nitrogens is 6. The third kappa shape index (κ3) is 3.49. The first-order valence-corrected chi connectivity index (χ1v) is 9.49. The van der Waals surface area contributed by atoms with Gasteiger partial charge >= 0.3 is 0 Å². The average Bonchev–Trinajstić information content (AvgIpc) is 3.50. The summed E-state index contributed by atoms with van der Waals surface area (Å²) < 4.78 is 29.2. The first-order chi connectivity index (χ1) is 14.6. The van der Waals surface area contributed by atoms with Crippen molar-refractivity contribution < 1.29 is 8.78 Å². The van der Waals surface area contributed by atoms with Crippen LogP contribution in [0.4, 0.5) is 8.78 Å². The lowest BCUT2D eigenvalue weighted by atomic mass is 10.1. The lowest BCUT2D eigenvalue weighted by Crippen LogP contribution is -2.15. The van der Waals surface area contributed by atoms with Crippen molar-refractivity contribution in [1.29, 1.82) is 0 Å². The van der Waals surface area contributed by atoms with Crippen molar-refractivity contribution in [2.24, 2.45) is 0 Å². The van der Waals surface area contributed by atoms with Crippen LogP contribution in [-0.4, -0.2) is 29.7 Å². The predicted molar refractivity (Wildman–Crippen MR) is 104 cm³/mol. The number of aromatic amines is 1. The molecule has 0 aliphatic heterocycles. The summed E-state index contributed by atoms with van der Waals surface area (Å²) in [6.07, 6.45) is 4.87. The van der Waals surface area contributed by atoms with Crippen molar-refractivity contribution >= 4 is 0 Å². The molecule has 1 aliphatic rings. The molecular formula is C21H16F2N6O. The van der Waals surface area contributed by atoms with Crippen LogP contribution in [0.25, 0.3) is 17.1 Å². The van der Waals surface area contributed by atoms with E-state index in [0.29, 0.717) is 17.1 Å². The Labute approximate surface area is 169 Å². The summed E-state index contributed by atoms with van der Waals surface area (Å²) >= 11 is 0. The van der Waals surface area contributed by atoms with Gasteiger partial charge in [0.2, 0.25) is 5.95 Å². The summed E-state index contributed by atoms with van der Waals surface area (Å²) in [4.78, 5) is 27.9. The molecule has 1 aliphatic carbocycles. The summed E-state index contributed by atoms with van der Waals surface area (Å²) in [6, 6.07) is 9.05. The van der Waals surface area contributed by atoms with Crippen LogP contribution in [0, 0.1) is 11.8 Å². The van der Waals surface area contributed by atoms with Crippen LogP contribution in [0.5, 0.6) is 0 Å². The summed E-state index contributed by atoms with van der Waals surface area (Å²) in [7, 11) is 0. The monoisotopic (exact) mass is 406 g/mol. The van der Waals surface area contributed by atoms with E-state index in [0.717, 1.165) is 12.8 Å². The highest BCUT2D eigenvalue weighted by Crippen LogP contribution is 2.37. The molecule has 1 N–H and O–H groups in total. The van der Waals surface area contributed by atoms with Gasteiger partial charge in [-0.1, -0.05) is 18.2 Å². The molecule has 4 aromatic rings. The standard InChI is InChI=1S/C21H16F2N6O/c22-16-4-2-1-3-13(16)9-18-26-20(29(28-18)14-7-8-24-17(23)10-14)15-11-25-19(12-5-6-12)27-21(15)30/h1-4,7-8,10-12H,5-6,9H2,(H,25,27,30). The van der Waals surface area contributed by atoms with E-state index in [-0.39, 0.29) is 40.9 Å². The van der Waals surface area contributed by atoms with Crippen molar-refractivity contribution in [2.75, 3.05) is 0 Å². The molecule has 3 aromatic heterocycles. The van der Waals surface area contributed by atoms with Crippen molar-refractivity contribution in [1.82, 2.24) is 29.7 Å². The molecule has 7 nitrogen and oxygen atoms in total. The zero-order chi connectivity index (χ0) is 20.7. The fourth-order valence-corrected chi connectivity index (χ4v) is 3.25. The Hall–Kier alpha value is -3.75.